The van der Waals surface area contributed by atoms with E-state index < -0.39 is 5.97 Å². The zero-order valence-electron chi connectivity index (χ0n) is 16.6. The molecule has 1 unspecified atom stereocenters. The van der Waals surface area contributed by atoms with Gasteiger partial charge in [0.2, 0.25) is 0 Å². The first-order chi connectivity index (χ1) is 12.2. The molecule has 0 heterocycles. The molecule has 4 nitrogen and oxygen atoms in total. The van der Waals surface area contributed by atoms with Gasteiger partial charge < -0.3 is 19.5 Å². The molecule has 0 aromatic heterocycles. The van der Waals surface area contributed by atoms with Gasteiger partial charge in [0.05, 0.1) is 0 Å². The predicted octanol–water partition coefficient (Wildman–Crippen LogP) is 5.45. The topological polar surface area (TPSA) is 39.7 Å². The van der Waals surface area contributed by atoms with E-state index in [9.17, 15) is 0 Å². The Balaban J connectivity index is 2.48. The van der Waals surface area contributed by atoms with Crippen LogP contribution in [0.25, 0.3) is 0 Å². The SMILES string of the molecule is CCCCCCCC(CCCNc1ccccc1)C(OC)(OC)OC. The molecule has 25 heavy (non-hydrogen) atoms. The Kier molecular flexibility index (Phi) is 11.5. The van der Waals surface area contributed by atoms with Crippen molar-refractivity contribution >= 4 is 5.69 Å². The Morgan fingerprint density at radius 2 is 1.44 bits per heavy atom. The van der Waals surface area contributed by atoms with E-state index in [0.29, 0.717) is 0 Å². The molecule has 0 bridgehead atoms. The molecular formula is C21H37NO3. The molecule has 0 amide bonds. The average molecular weight is 352 g/mol. The molecule has 4 heteroatoms. The molecular weight excluding hydrogens is 314 g/mol. The molecule has 0 aliphatic heterocycles. The third-order valence-corrected chi connectivity index (χ3v) is 4.84. The quantitative estimate of drug-likeness (QED) is 0.337. The lowest BCUT2D eigenvalue weighted by Gasteiger charge is -2.36. The lowest BCUT2D eigenvalue weighted by molar-refractivity contribution is -0.380. The largest absolute Gasteiger partial charge is 0.385 e. The van der Waals surface area contributed by atoms with Crippen molar-refractivity contribution in [2.24, 2.45) is 5.92 Å². The first-order valence-electron chi connectivity index (χ1n) is 9.66. The van der Waals surface area contributed by atoms with Crippen molar-refractivity contribution in [3.63, 3.8) is 0 Å². The van der Waals surface area contributed by atoms with Crippen molar-refractivity contribution < 1.29 is 14.2 Å². The fraction of sp³-hybridized carbons (Fsp3) is 0.714. The minimum absolute atomic E-state index is 0.228. The van der Waals surface area contributed by atoms with E-state index in [-0.39, 0.29) is 5.92 Å². The lowest BCUT2D eigenvalue weighted by Crippen LogP contribution is -2.44. The van der Waals surface area contributed by atoms with Gasteiger partial charge in [0, 0.05) is 39.5 Å². The van der Waals surface area contributed by atoms with Crippen LogP contribution in [0.2, 0.25) is 0 Å². The molecule has 144 valence electrons. The Hall–Kier alpha value is -1.10. The van der Waals surface area contributed by atoms with E-state index in [4.69, 9.17) is 14.2 Å². The maximum absolute atomic E-state index is 5.63. The van der Waals surface area contributed by atoms with Crippen LogP contribution < -0.4 is 5.32 Å². The van der Waals surface area contributed by atoms with Crippen LogP contribution >= 0.6 is 0 Å². The van der Waals surface area contributed by atoms with Gasteiger partial charge in [-0.05, 0) is 31.4 Å². The molecule has 1 aromatic carbocycles. The van der Waals surface area contributed by atoms with Crippen LogP contribution in [0.1, 0.15) is 58.3 Å². The van der Waals surface area contributed by atoms with Crippen LogP contribution in [-0.2, 0) is 14.2 Å². The Morgan fingerprint density at radius 3 is 2.04 bits per heavy atom. The third kappa shape index (κ3) is 7.76. The molecule has 0 saturated heterocycles. The standard InChI is InChI=1S/C21H37NO3/c1-5-6-7-8-10-14-19(21(23-2,24-3)25-4)15-13-18-22-20-16-11-9-12-17-20/h9,11-12,16-17,19,22H,5-8,10,13-15,18H2,1-4H3. The molecule has 0 fully saturated rings. The van der Waals surface area contributed by atoms with Crippen molar-refractivity contribution in [3.8, 4) is 0 Å². The minimum atomic E-state index is -0.933. The van der Waals surface area contributed by atoms with E-state index in [0.717, 1.165) is 31.5 Å². The maximum Gasteiger partial charge on any atom is 0.285 e. The first kappa shape index (κ1) is 21.9. The highest BCUT2D eigenvalue weighted by Crippen LogP contribution is 2.32. The summed E-state index contributed by atoms with van der Waals surface area (Å²) in [6, 6.07) is 10.3. The predicted molar refractivity (Wildman–Crippen MR) is 105 cm³/mol. The second kappa shape index (κ2) is 13.2. The lowest BCUT2D eigenvalue weighted by atomic mass is 9.93. The summed E-state index contributed by atoms with van der Waals surface area (Å²) in [7, 11) is 5.00. The third-order valence-electron chi connectivity index (χ3n) is 4.84. The number of nitrogens with one attached hydrogen (secondary N) is 1. The summed E-state index contributed by atoms with van der Waals surface area (Å²) in [5.41, 5.74) is 1.16. The minimum Gasteiger partial charge on any atom is -0.385 e. The van der Waals surface area contributed by atoms with Gasteiger partial charge >= 0.3 is 0 Å². The summed E-state index contributed by atoms with van der Waals surface area (Å²) >= 11 is 0. The van der Waals surface area contributed by atoms with Gasteiger partial charge in [0.1, 0.15) is 0 Å². The summed E-state index contributed by atoms with van der Waals surface area (Å²) in [6.45, 7) is 3.18. The second-order valence-corrected chi connectivity index (χ2v) is 6.55. The summed E-state index contributed by atoms with van der Waals surface area (Å²) in [5.74, 6) is -0.705. The van der Waals surface area contributed by atoms with Crippen molar-refractivity contribution in [1.82, 2.24) is 0 Å². The van der Waals surface area contributed by atoms with Crippen LogP contribution in [0.4, 0.5) is 5.69 Å². The van der Waals surface area contributed by atoms with Gasteiger partial charge in [-0.3, -0.25) is 0 Å². The number of para-hydroxylation sites is 1. The fourth-order valence-corrected chi connectivity index (χ4v) is 3.38. The number of anilines is 1. The molecule has 0 aliphatic rings. The van der Waals surface area contributed by atoms with Gasteiger partial charge in [-0.1, -0.05) is 57.2 Å². The molecule has 1 rings (SSSR count). The number of methoxy groups -OCH3 is 3. The highest BCUT2D eigenvalue weighted by atomic mass is 16.9. The molecule has 0 radical (unpaired) electrons. The Labute approximate surface area is 154 Å². The van der Waals surface area contributed by atoms with Gasteiger partial charge in [0.25, 0.3) is 5.97 Å². The normalized spacial score (nSPS) is 13.0. The number of hydrogen-bond donors (Lipinski definition) is 1. The average Bonchev–Trinajstić information content (AvgIpc) is 2.66. The maximum atomic E-state index is 5.63. The monoisotopic (exact) mass is 351 g/mol. The smallest absolute Gasteiger partial charge is 0.285 e. The summed E-state index contributed by atoms with van der Waals surface area (Å²) in [5, 5.41) is 3.47. The van der Waals surface area contributed by atoms with E-state index in [1.807, 2.05) is 18.2 Å². The highest BCUT2D eigenvalue weighted by Gasteiger charge is 2.39. The zero-order valence-corrected chi connectivity index (χ0v) is 16.6. The molecule has 1 aromatic rings. The Morgan fingerprint density at radius 1 is 0.840 bits per heavy atom. The first-order valence-corrected chi connectivity index (χ1v) is 9.66. The van der Waals surface area contributed by atoms with Gasteiger partial charge in [-0.25, -0.2) is 0 Å². The van der Waals surface area contributed by atoms with Gasteiger partial charge in [-0.2, -0.15) is 0 Å². The van der Waals surface area contributed by atoms with Crippen LogP contribution in [0, 0.1) is 5.92 Å². The number of rotatable bonds is 15. The van der Waals surface area contributed by atoms with E-state index in [2.05, 4.69) is 24.4 Å². The summed E-state index contributed by atoms with van der Waals surface area (Å²) in [6.07, 6.45) is 9.45. The number of benzene rings is 1. The van der Waals surface area contributed by atoms with Crippen LogP contribution in [0.15, 0.2) is 30.3 Å². The van der Waals surface area contributed by atoms with Crippen LogP contribution in [0.3, 0.4) is 0 Å². The van der Waals surface area contributed by atoms with E-state index >= 15 is 0 Å². The molecule has 1 atom stereocenters. The highest BCUT2D eigenvalue weighted by molar-refractivity contribution is 5.42. The summed E-state index contributed by atoms with van der Waals surface area (Å²) < 4.78 is 16.9. The van der Waals surface area contributed by atoms with Crippen molar-refractivity contribution in [1.29, 1.82) is 0 Å². The fourth-order valence-electron chi connectivity index (χ4n) is 3.38. The van der Waals surface area contributed by atoms with Gasteiger partial charge in [-0.15, -0.1) is 0 Å². The zero-order chi connectivity index (χ0) is 18.4. The summed E-state index contributed by atoms with van der Waals surface area (Å²) in [4.78, 5) is 0. The van der Waals surface area contributed by atoms with Crippen molar-refractivity contribution in [3.05, 3.63) is 30.3 Å². The Bertz CT molecular complexity index is 412. The molecule has 0 aliphatic carbocycles. The molecule has 0 saturated carbocycles. The molecule has 0 spiro atoms. The number of hydrogen-bond acceptors (Lipinski definition) is 4. The van der Waals surface area contributed by atoms with Crippen molar-refractivity contribution in [2.45, 2.75) is 64.3 Å². The van der Waals surface area contributed by atoms with E-state index in [1.165, 1.54) is 32.1 Å². The molecule has 1 N–H and O–H groups in total. The van der Waals surface area contributed by atoms with Crippen LogP contribution in [-0.4, -0.2) is 33.8 Å². The van der Waals surface area contributed by atoms with E-state index in [1.54, 1.807) is 21.3 Å². The van der Waals surface area contributed by atoms with Crippen molar-refractivity contribution in [2.75, 3.05) is 33.2 Å². The number of ether oxygens (including phenoxy) is 3. The van der Waals surface area contributed by atoms with Crippen LogP contribution in [0.5, 0.6) is 0 Å². The second-order valence-electron chi connectivity index (χ2n) is 6.55. The van der Waals surface area contributed by atoms with Gasteiger partial charge in [0.15, 0.2) is 0 Å². The number of unbranched alkanes of at least 4 members (excludes halogenated alkanes) is 4.